The topological polar surface area (TPSA) is 40.5 Å². The summed E-state index contributed by atoms with van der Waals surface area (Å²) in [5.41, 5.74) is -0.305. The minimum Gasteiger partial charge on any atom is -0.491 e. The van der Waals surface area contributed by atoms with Crippen molar-refractivity contribution in [3.63, 3.8) is 0 Å². The second kappa shape index (κ2) is 7.87. The summed E-state index contributed by atoms with van der Waals surface area (Å²) in [6.07, 6.45) is 0. The van der Waals surface area contributed by atoms with Gasteiger partial charge in [0.15, 0.2) is 0 Å². The number of aromatic nitrogens is 1. The zero-order valence-electron chi connectivity index (χ0n) is 12.7. The number of benzene rings is 1. The van der Waals surface area contributed by atoms with Gasteiger partial charge in [-0.2, -0.15) is 0 Å². The van der Waals surface area contributed by atoms with E-state index in [4.69, 9.17) is 9.47 Å². The molecule has 4 nitrogen and oxygen atoms in total. The van der Waals surface area contributed by atoms with Crippen LogP contribution >= 0.6 is 22.6 Å². The Hall–Kier alpha value is -1.48. The van der Waals surface area contributed by atoms with Crippen molar-refractivity contribution in [1.82, 2.24) is 4.57 Å². The highest BCUT2D eigenvalue weighted by Crippen LogP contribution is 2.29. The molecule has 0 aliphatic heterocycles. The van der Waals surface area contributed by atoms with Gasteiger partial charge >= 0.3 is 0 Å². The zero-order chi connectivity index (χ0) is 17.0. The van der Waals surface area contributed by atoms with E-state index in [1.165, 1.54) is 11.7 Å². The lowest BCUT2D eigenvalue weighted by molar-refractivity contribution is 0.146. The van der Waals surface area contributed by atoms with Crippen LogP contribution in [0.25, 0.3) is 11.3 Å². The van der Waals surface area contributed by atoms with Crippen LogP contribution in [0, 0.1) is 15.2 Å². The Kier molecular flexibility index (Phi) is 6.11. The van der Waals surface area contributed by atoms with Crippen molar-refractivity contribution >= 4 is 22.6 Å². The standard InChI is InChI=1S/C16H16F2INO3/c1-3-20-14(5-4-13(19)16(20)21)15-11(17)8-10(9-12(15)18)23-7-6-22-2/h4-5,8-9H,3,6-7H2,1-2H3. The third-order valence-electron chi connectivity index (χ3n) is 3.27. The summed E-state index contributed by atoms with van der Waals surface area (Å²) < 4.78 is 40.7. The van der Waals surface area contributed by atoms with Gasteiger partial charge in [-0.05, 0) is 41.6 Å². The molecule has 0 unspecified atom stereocenters. The molecule has 0 aliphatic carbocycles. The quantitative estimate of drug-likeness (QED) is 0.516. The summed E-state index contributed by atoms with van der Waals surface area (Å²) in [6, 6.07) is 5.30. The maximum Gasteiger partial charge on any atom is 0.264 e. The van der Waals surface area contributed by atoms with Gasteiger partial charge in [-0.1, -0.05) is 0 Å². The highest BCUT2D eigenvalue weighted by Gasteiger charge is 2.18. The van der Waals surface area contributed by atoms with Crippen LogP contribution in [0.15, 0.2) is 29.1 Å². The van der Waals surface area contributed by atoms with Crippen LogP contribution in [-0.2, 0) is 11.3 Å². The number of rotatable bonds is 6. The lowest BCUT2D eigenvalue weighted by Crippen LogP contribution is -2.23. The molecule has 0 spiro atoms. The molecule has 1 heterocycles. The third-order valence-corrected chi connectivity index (χ3v) is 4.09. The van der Waals surface area contributed by atoms with Crippen LogP contribution in [0.3, 0.4) is 0 Å². The molecule has 1 aromatic heterocycles. The van der Waals surface area contributed by atoms with Crippen molar-refractivity contribution in [1.29, 1.82) is 0 Å². The molecular formula is C16H16F2INO3. The van der Waals surface area contributed by atoms with Gasteiger partial charge in [0.05, 0.1) is 21.4 Å². The Balaban J connectivity index is 2.49. The van der Waals surface area contributed by atoms with Gasteiger partial charge in [-0.15, -0.1) is 0 Å². The first-order valence-corrected chi connectivity index (χ1v) is 8.08. The van der Waals surface area contributed by atoms with E-state index in [1.807, 2.05) is 22.6 Å². The summed E-state index contributed by atoms with van der Waals surface area (Å²) in [7, 11) is 1.51. The molecule has 124 valence electrons. The van der Waals surface area contributed by atoms with Gasteiger partial charge in [0.2, 0.25) is 0 Å². The molecule has 0 bridgehead atoms. The summed E-state index contributed by atoms with van der Waals surface area (Å²) in [6.45, 7) is 2.57. The molecule has 0 atom stereocenters. The lowest BCUT2D eigenvalue weighted by Gasteiger charge is -2.14. The molecule has 2 rings (SSSR count). The first-order valence-electron chi connectivity index (χ1n) is 7.00. The van der Waals surface area contributed by atoms with Crippen molar-refractivity contribution in [2.75, 3.05) is 20.3 Å². The molecule has 0 N–H and O–H groups in total. The van der Waals surface area contributed by atoms with E-state index in [2.05, 4.69) is 0 Å². The van der Waals surface area contributed by atoms with E-state index in [-0.39, 0.29) is 29.2 Å². The second-order valence-electron chi connectivity index (χ2n) is 4.72. The number of hydrogen-bond donors (Lipinski definition) is 0. The van der Waals surface area contributed by atoms with Crippen molar-refractivity contribution in [3.8, 4) is 17.0 Å². The molecule has 1 aromatic carbocycles. The van der Waals surface area contributed by atoms with E-state index in [1.54, 1.807) is 19.1 Å². The summed E-state index contributed by atoms with van der Waals surface area (Å²) in [5.74, 6) is -1.47. The number of pyridine rings is 1. The Morgan fingerprint density at radius 1 is 1.17 bits per heavy atom. The Morgan fingerprint density at radius 2 is 1.83 bits per heavy atom. The van der Waals surface area contributed by atoms with Crippen LogP contribution < -0.4 is 10.3 Å². The van der Waals surface area contributed by atoms with Crippen molar-refractivity contribution in [3.05, 3.63) is 49.8 Å². The normalized spacial score (nSPS) is 10.8. The number of methoxy groups -OCH3 is 1. The van der Waals surface area contributed by atoms with Gasteiger partial charge < -0.3 is 14.0 Å². The maximum absolute atomic E-state index is 14.4. The Labute approximate surface area is 146 Å². The van der Waals surface area contributed by atoms with Crippen molar-refractivity contribution < 1.29 is 18.3 Å². The number of nitrogens with zero attached hydrogens (tertiary/aromatic N) is 1. The van der Waals surface area contributed by atoms with Crippen LogP contribution in [-0.4, -0.2) is 24.9 Å². The first-order chi connectivity index (χ1) is 11.0. The molecular weight excluding hydrogens is 419 g/mol. The van der Waals surface area contributed by atoms with Crippen molar-refractivity contribution in [2.24, 2.45) is 0 Å². The molecule has 23 heavy (non-hydrogen) atoms. The average Bonchev–Trinajstić information content (AvgIpc) is 2.50. The first kappa shape index (κ1) is 17.9. The molecule has 2 aromatic rings. The number of hydrogen-bond acceptors (Lipinski definition) is 3. The van der Waals surface area contributed by atoms with Gasteiger partial charge in [0.25, 0.3) is 5.56 Å². The zero-order valence-corrected chi connectivity index (χ0v) is 14.9. The van der Waals surface area contributed by atoms with Crippen LogP contribution in [0.4, 0.5) is 8.78 Å². The molecule has 0 fully saturated rings. The third kappa shape index (κ3) is 3.89. The molecule has 0 amide bonds. The SMILES string of the molecule is CCn1c(-c2c(F)cc(OCCOC)cc2F)ccc(I)c1=O. The Morgan fingerprint density at radius 3 is 2.39 bits per heavy atom. The summed E-state index contributed by atoms with van der Waals surface area (Å²) >= 11 is 1.90. The van der Waals surface area contributed by atoms with E-state index in [9.17, 15) is 13.6 Å². The monoisotopic (exact) mass is 435 g/mol. The highest BCUT2D eigenvalue weighted by molar-refractivity contribution is 14.1. The molecule has 7 heteroatoms. The maximum atomic E-state index is 14.4. The minimum atomic E-state index is -0.778. The van der Waals surface area contributed by atoms with Crippen LogP contribution in [0.2, 0.25) is 0 Å². The number of ether oxygens (including phenoxy) is 2. The van der Waals surface area contributed by atoms with E-state index in [0.29, 0.717) is 16.7 Å². The number of halogens is 3. The molecule has 0 aliphatic rings. The lowest BCUT2D eigenvalue weighted by atomic mass is 10.1. The fourth-order valence-electron chi connectivity index (χ4n) is 2.20. The van der Waals surface area contributed by atoms with Gasteiger partial charge in [0.1, 0.15) is 24.0 Å². The van der Waals surface area contributed by atoms with Gasteiger partial charge in [-0.3, -0.25) is 4.79 Å². The average molecular weight is 435 g/mol. The fourth-order valence-corrected chi connectivity index (χ4v) is 2.68. The summed E-state index contributed by atoms with van der Waals surface area (Å²) in [4.78, 5) is 12.1. The summed E-state index contributed by atoms with van der Waals surface area (Å²) in [5, 5.41) is 0. The largest absolute Gasteiger partial charge is 0.491 e. The predicted molar refractivity (Wildman–Crippen MR) is 91.8 cm³/mol. The van der Waals surface area contributed by atoms with Gasteiger partial charge in [0, 0.05) is 25.8 Å². The van der Waals surface area contributed by atoms with E-state index in [0.717, 1.165) is 12.1 Å². The van der Waals surface area contributed by atoms with Crippen LogP contribution in [0.1, 0.15) is 6.92 Å². The highest BCUT2D eigenvalue weighted by atomic mass is 127. The Bertz CT molecular complexity index is 738. The second-order valence-corrected chi connectivity index (χ2v) is 5.88. The molecule has 0 saturated carbocycles. The smallest absolute Gasteiger partial charge is 0.264 e. The van der Waals surface area contributed by atoms with E-state index < -0.39 is 11.6 Å². The minimum absolute atomic E-state index is 0.0803. The molecule has 0 saturated heterocycles. The molecule has 0 radical (unpaired) electrons. The van der Waals surface area contributed by atoms with Crippen molar-refractivity contribution in [2.45, 2.75) is 13.5 Å². The predicted octanol–water partition coefficient (Wildman–Crippen LogP) is 3.44. The van der Waals surface area contributed by atoms with Gasteiger partial charge in [-0.25, -0.2) is 8.78 Å². The fraction of sp³-hybridized carbons (Fsp3) is 0.312. The van der Waals surface area contributed by atoms with Crippen LogP contribution in [0.5, 0.6) is 5.75 Å². The van der Waals surface area contributed by atoms with E-state index >= 15 is 0 Å².